The normalized spacial score (nSPS) is 13.4. The van der Waals surface area contributed by atoms with Crippen LogP contribution in [0.2, 0.25) is 0 Å². The van der Waals surface area contributed by atoms with Gasteiger partial charge in [0.1, 0.15) is 20.2 Å². The molecule has 3 N–H and O–H groups in total. The molecule has 0 saturated heterocycles. The molecule has 0 bridgehead atoms. The predicted molar refractivity (Wildman–Crippen MR) is 221 cm³/mol. The Labute approximate surface area is 328 Å². The predicted octanol–water partition coefficient (Wildman–Crippen LogP) is 10.5. The zero-order valence-corrected chi connectivity index (χ0v) is 35.1. The van der Waals surface area contributed by atoms with Gasteiger partial charge < -0.3 is 24.8 Å². The smallest absolute Gasteiger partial charge is 0.335 e. The molecule has 0 aromatic carbocycles. The standard InChI is InChI=1S/C44H86BNO7/c1-4-7-10-13-16-17-18-23-31-38-52-41(48)35-28-24-30-37-46(43(50)42(45)49)36-29-22-21-27-34-40(47)44(51)53-39(32-25-19-14-11-8-5-2)33-26-20-15-12-9-6-3/h39-40,42-43,47,49-50H,4-38H2,1-3H3. The van der Waals surface area contributed by atoms with E-state index in [0.29, 0.717) is 39.0 Å². The molecule has 0 saturated carbocycles. The Bertz CT molecular complexity index is 786. The van der Waals surface area contributed by atoms with E-state index in [4.69, 9.17) is 17.3 Å². The summed E-state index contributed by atoms with van der Waals surface area (Å²) in [6, 6.07) is -1.35. The topological polar surface area (TPSA) is 117 Å². The maximum atomic E-state index is 12.8. The Morgan fingerprint density at radius 2 is 0.925 bits per heavy atom. The van der Waals surface area contributed by atoms with Crippen LogP contribution in [-0.2, 0) is 19.1 Å². The molecule has 0 spiro atoms. The van der Waals surface area contributed by atoms with E-state index in [0.717, 1.165) is 77.0 Å². The highest BCUT2D eigenvalue weighted by atomic mass is 16.6. The number of aliphatic hydroxyl groups is 3. The molecule has 3 atom stereocenters. The van der Waals surface area contributed by atoms with Crippen LogP contribution in [0.5, 0.6) is 0 Å². The lowest BCUT2D eigenvalue weighted by Gasteiger charge is -2.30. The van der Waals surface area contributed by atoms with E-state index >= 15 is 0 Å². The van der Waals surface area contributed by atoms with E-state index < -0.39 is 24.3 Å². The third-order valence-electron chi connectivity index (χ3n) is 10.5. The van der Waals surface area contributed by atoms with Gasteiger partial charge in [0.15, 0.2) is 6.10 Å². The lowest BCUT2D eigenvalue weighted by molar-refractivity contribution is -0.160. The first-order valence-corrected chi connectivity index (χ1v) is 22.7. The number of ether oxygens (including phenoxy) is 2. The minimum Gasteiger partial charge on any atom is -0.466 e. The number of unbranched alkanes of at least 4 members (excludes halogenated alkanes) is 23. The van der Waals surface area contributed by atoms with Crippen LogP contribution in [0.3, 0.4) is 0 Å². The minimum atomic E-state index is -1.35. The summed E-state index contributed by atoms with van der Waals surface area (Å²) in [7, 11) is 5.60. The molecule has 0 heterocycles. The largest absolute Gasteiger partial charge is 0.466 e. The van der Waals surface area contributed by atoms with Crippen molar-refractivity contribution >= 4 is 19.8 Å². The maximum Gasteiger partial charge on any atom is 0.335 e. The molecular weight excluding hydrogens is 665 g/mol. The van der Waals surface area contributed by atoms with Gasteiger partial charge in [0.05, 0.1) is 12.6 Å². The van der Waals surface area contributed by atoms with Crippen molar-refractivity contribution in [3.05, 3.63) is 0 Å². The van der Waals surface area contributed by atoms with Gasteiger partial charge in [0, 0.05) is 19.5 Å². The Morgan fingerprint density at radius 1 is 0.528 bits per heavy atom. The third kappa shape index (κ3) is 33.9. The monoisotopic (exact) mass is 752 g/mol. The van der Waals surface area contributed by atoms with Crippen LogP contribution < -0.4 is 0 Å². The van der Waals surface area contributed by atoms with Crippen LogP contribution in [0.15, 0.2) is 0 Å². The number of carbonyl (C=O) groups is 2. The first-order chi connectivity index (χ1) is 25.8. The van der Waals surface area contributed by atoms with Crippen LogP contribution in [0, 0.1) is 0 Å². The summed E-state index contributed by atoms with van der Waals surface area (Å²) in [5.41, 5.74) is 0. The molecular formula is C44H86BNO7. The van der Waals surface area contributed by atoms with Crippen molar-refractivity contribution in [1.29, 1.82) is 0 Å². The number of rotatable bonds is 41. The zero-order valence-electron chi connectivity index (χ0n) is 35.1. The van der Waals surface area contributed by atoms with Crippen molar-refractivity contribution in [3.63, 3.8) is 0 Å². The summed E-state index contributed by atoms with van der Waals surface area (Å²) in [6.07, 6.45) is 31.4. The molecule has 3 unspecified atom stereocenters. The van der Waals surface area contributed by atoms with E-state index in [-0.39, 0.29) is 12.1 Å². The molecule has 9 heteroatoms. The summed E-state index contributed by atoms with van der Waals surface area (Å²) in [5, 5.41) is 30.9. The number of carbonyl (C=O) groups excluding carboxylic acids is 2. The van der Waals surface area contributed by atoms with Gasteiger partial charge in [0.25, 0.3) is 0 Å². The average molecular weight is 752 g/mol. The molecule has 0 aromatic rings. The van der Waals surface area contributed by atoms with E-state index in [1.807, 2.05) is 0 Å². The summed E-state index contributed by atoms with van der Waals surface area (Å²) in [4.78, 5) is 26.7. The fraction of sp³-hybridized carbons (Fsp3) is 0.955. The highest BCUT2D eigenvalue weighted by Crippen LogP contribution is 2.19. The Balaban J connectivity index is 4.28. The van der Waals surface area contributed by atoms with Crippen LogP contribution in [0.4, 0.5) is 0 Å². The molecule has 8 nitrogen and oxygen atoms in total. The summed E-state index contributed by atoms with van der Waals surface area (Å²) < 4.78 is 11.3. The number of aliphatic hydroxyl groups excluding tert-OH is 3. The van der Waals surface area contributed by atoms with Gasteiger partial charge in [-0.15, -0.1) is 0 Å². The fourth-order valence-electron chi connectivity index (χ4n) is 6.96. The molecule has 0 aromatic heterocycles. The van der Waals surface area contributed by atoms with Gasteiger partial charge in [0.2, 0.25) is 0 Å². The number of nitrogens with zero attached hydrogens (tertiary/aromatic N) is 1. The van der Waals surface area contributed by atoms with E-state index in [9.17, 15) is 24.9 Å². The van der Waals surface area contributed by atoms with Crippen LogP contribution >= 0.6 is 0 Å². The molecule has 0 rings (SSSR count). The molecule has 0 amide bonds. The molecule has 312 valence electrons. The summed E-state index contributed by atoms with van der Waals surface area (Å²) in [5.74, 6) is -0.622. The molecule has 0 aliphatic rings. The van der Waals surface area contributed by atoms with Gasteiger partial charge in [-0.3, -0.25) is 9.69 Å². The fourth-order valence-corrected chi connectivity index (χ4v) is 6.96. The first kappa shape index (κ1) is 51.8. The number of hydrogen-bond acceptors (Lipinski definition) is 8. The van der Waals surface area contributed by atoms with Crippen molar-refractivity contribution in [1.82, 2.24) is 4.90 Å². The highest BCUT2D eigenvalue weighted by molar-refractivity contribution is 6.11. The van der Waals surface area contributed by atoms with Crippen molar-refractivity contribution in [3.8, 4) is 0 Å². The van der Waals surface area contributed by atoms with E-state index in [2.05, 4.69) is 20.8 Å². The van der Waals surface area contributed by atoms with Crippen LogP contribution in [-0.4, -0.2) is 84.1 Å². The van der Waals surface area contributed by atoms with Gasteiger partial charge in [-0.25, -0.2) is 4.79 Å². The van der Waals surface area contributed by atoms with Crippen LogP contribution in [0.25, 0.3) is 0 Å². The van der Waals surface area contributed by atoms with Gasteiger partial charge in [-0.2, -0.15) is 0 Å². The molecule has 2 radical (unpaired) electrons. The first-order valence-electron chi connectivity index (χ1n) is 22.7. The van der Waals surface area contributed by atoms with Crippen molar-refractivity contribution in [2.45, 2.75) is 251 Å². The van der Waals surface area contributed by atoms with Crippen LogP contribution in [0.1, 0.15) is 226 Å². The summed E-state index contributed by atoms with van der Waals surface area (Å²) in [6.45, 7) is 8.35. The SMILES string of the molecule is [B]C(O)C(O)N(CCCCCCC(O)C(=O)OC(CCCCCCCC)CCCCCCCC)CCCCCC(=O)OCCCCCCCCCCC. The molecule has 53 heavy (non-hydrogen) atoms. The van der Waals surface area contributed by atoms with Crippen molar-refractivity contribution < 1.29 is 34.4 Å². The zero-order chi connectivity index (χ0) is 39.2. The number of hydrogen-bond donors (Lipinski definition) is 3. The second kappa shape index (κ2) is 39.1. The number of esters is 2. The molecule has 0 aliphatic carbocycles. The highest BCUT2D eigenvalue weighted by Gasteiger charge is 2.22. The van der Waals surface area contributed by atoms with Gasteiger partial charge in [-0.05, 0) is 57.8 Å². The second-order valence-electron chi connectivity index (χ2n) is 15.7. The van der Waals surface area contributed by atoms with E-state index in [1.165, 1.54) is 109 Å². The van der Waals surface area contributed by atoms with Gasteiger partial charge >= 0.3 is 11.9 Å². The van der Waals surface area contributed by atoms with E-state index in [1.54, 1.807) is 4.90 Å². The van der Waals surface area contributed by atoms with Crippen molar-refractivity contribution in [2.24, 2.45) is 0 Å². The molecule has 0 aliphatic heterocycles. The maximum absolute atomic E-state index is 12.8. The van der Waals surface area contributed by atoms with Crippen molar-refractivity contribution in [2.75, 3.05) is 19.7 Å². The lowest BCUT2D eigenvalue weighted by atomic mass is 9.97. The Morgan fingerprint density at radius 3 is 1.40 bits per heavy atom. The van der Waals surface area contributed by atoms with Gasteiger partial charge in [-0.1, -0.05) is 162 Å². The minimum absolute atomic E-state index is 0.104. The quantitative estimate of drug-likeness (QED) is 0.0245. The lowest BCUT2D eigenvalue weighted by Crippen LogP contribution is -2.44. The summed E-state index contributed by atoms with van der Waals surface area (Å²) >= 11 is 0. The Kier molecular flexibility index (Phi) is 38.2. The average Bonchev–Trinajstić information content (AvgIpc) is 3.14. The second-order valence-corrected chi connectivity index (χ2v) is 15.7. The molecule has 0 fully saturated rings. The third-order valence-corrected chi connectivity index (χ3v) is 10.5. The Hall–Kier alpha value is -1.16.